The maximum Gasteiger partial charge on any atom is 0.214 e. The molecule has 1 aromatic rings. The third kappa shape index (κ3) is 4.80. The molecule has 0 aromatic heterocycles. The van der Waals surface area contributed by atoms with Crippen LogP contribution in [0.15, 0.2) is 30.3 Å². The summed E-state index contributed by atoms with van der Waals surface area (Å²) in [6.07, 6.45) is 2.89. The van der Waals surface area contributed by atoms with Crippen molar-refractivity contribution >= 4 is 10.0 Å². The first-order valence-electron chi connectivity index (χ1n) is 8.28. The molecule has 0 amide bonds. The molecule has 0 radical (unpaired) electrons. The Balaban J connectivity index is 1.79. The lowest BCUT2D eigenvalue weighted by atomic mass is 10.0. The molecule has 0 N–H and O–H groups in total. The minimum absolute atomic E-state index is 0.274. The molecule has 1 saturated heterocycles. The Labute approximate surface area is 135 Å². The summed E-state index contributed by atoms with van der Waals surface area (Å²) >= 11 is 0. The molecule has 1 aliphatic rings. The van der Waals surface area contributed by atoms with E-state index in [1.54, 1.807) is 4.31 Å². The summed E-state index contributed by atoms with van der Waals surface area (Å²) in [4.78, 5) is 2.42. The van der Waals surface area contributed by atoms with Crippen LogP contribution in [0, 0.1) is 0 Å². The van der Waals surface area contributed by atoms with Gasteiger partial charge in [-0.1, -0.05) is 37.3 Å². The van der Waals surface area contributed by atoms with E-state index in [0.29, 0.717) is 25.6 Å². The van der Waals surface area contributed by atoms with Gasteiger partial charge in [0.1, 0.15) is 0 Å². The van der Waals surface area contributed by atoms with Gasteiger partial charge >= 0.3 is 0 Å². The van der Waals surface area contributed by atoms with Gasteiger partial charge in [0.05, 0.1) is 5.75 Å². The van der Waals surface area contributed by atoms with Gasteiger partial charge in [0, 0.05) is 32.2 Å². The van der Waals surface area contributed by atoms with Crippen LogP contribution in [0.5, 0.6) is 0 Å². The van der Waals surface area contributed by atoms with Gasteiger partial charge in [-0.2, -0.15) is 4.31 Å². The SMILES string of the molecule is CCCS(=O)(=O)N1CCN([C@@H](C)CCc2ccccc2)CC1. The van der Waals surface area contributed by atoms with E-state index < -0.39 is 10.0 Å². The van der Waals surface area contributed by atoms with Gasteiger partial charge in [-0.3, -0.25) is 4.90 Å². The van der Waals surface area contributed by atoms with Gasteiger partial charge in [-0.25, -0.2) is 8.42 Å². The lowest BCUT2D eigenvalue weighted by Crippen LogP contribution is -2.51. The summed E-state index contributed by atoms with van der Waals surface area (Å²) in [6, 6.07) is 11.0. The molecule has 1 atom stereocenters. The first-order chi connectivity index (χ1) is 10.5. The largest absolute Gasteiger partial charge is 0.298 e. The second-order valence-electron chi connectivity index (χ2n) is 6.12. The van der Waals surface area contributed by atoms with Crippen molar-refractivity contribution in [1.82, 2.24) is 9.21 Å². The van der Waals surface area contributed by atoms with Crippen LogP contribution < -0.4 is 0 Å². The Kier molecular flexibility index (Phi) is 6.41. The summed E-state index contributed by atoms with van der Waals surface area (Å²) in [5.41, 5.74) is 1.37. The van der Waals surface area contributed by atoms with Crippen molar-refractivity contribution in [2.24, 2.45) is 0 Å². The summed E-state index contributed by atoms with van der Waals surface area (Å²) in [7, 11) is -3.03. The van der Waals surface area contributed by atoms with Crippen LogP contribution in [0.25, 0.3) is 0 Å². The quantitative estimate of drug-likeness (QED) is 0.773. The molecule has 2 rings (SSSR count). The first-order valence-corrected chi connectivity index (χ1v) is 9.89. The van der Waals surface area contributed by atoms with E-state index in [-0.39, 0.29) is 5.75 Å². The van der Waals surface area contributed by atoms with Crippen LogP contribution in [-0.2, 0) is 16.4 Å². The zero-order valence-corrected chi connectivity index (χ0v) is 14.6. The number of benzene rings is 1. The average Bonchev–Trinajstić information content (AvgIpc) is 2.54. The minimum atomic E-state index is -3.03. The van der Waals surface area contributed by atoms with Gasteiger partial charge in [0.25, 0.3) is 0 Å². The number of sulfonamides is 1. The summed E-state index contributed by atoms with van der Waals surface area (Å²) in [6.45, 7) is 7.13. The van der Waals surface area contributed by atoms with Gasteiger partial charge in [0.2, 0.25) is 10.0 Å². The van der Waals surface area contributed by atoms with Crippen molar-refractivity contribution in [1.29, 1.82) is 0 Å². The van der Waals surface area contributed by atoms with Crippen LogP contribution in [0.2, 0.25) is 0 Å². The van der Waals surface area contributed by atoms with Crippen molar-refractivity contribution < 1.29 is 8.42 Å². The topological polar surface area (TPSA) is 40.6 Å². The molecule has 0 spiro atoms. The van der Waals surface area contributed by atoms with Crippen molar-refractivity contribution in [3.8, 4) is 0 Å². The van der Waals surface area contributed by atoms with E-state index in [1.165, 1.54) is 5.56 Å². The number of aryl methyl sites for hydroxylation is 1. The fourth-order valence-electron chi connectivity index (χ4n) is 3.01. The van der Waals surface area contributed by atoms with Gasteiger partial charge < -0.3 is 0 Å². The molecule has 0 bridgehead atoms. The van der Waals surface area contributed by atoms with Crippen molar-refractivity contribution in [3.63, 3.8) is 0 Å². The predicted octanol–water partition coefficient (Wildman–Crippen LogP) is 2.37. The first kappa shape index (κ1) is 17.4. The average molecular weight is 324 g/mol. The number of nitrogens with zero attached hydrogens (tertiary/aromatic N) is 2. The summed E-state index contributed by atoms with van der Waals surface area (Å²) in [5, 5.41) is 0. The zero-order valence-electron chi connectivity index (χ0n) is 13.7. The molecule has 22 heavy (non-hydrogen) atoms. The third-order valence-corrected chi connectivity index (χ3v) is 6.52. The second-order valence-corrected chi connectivity index (χ2v) is 8.21. The smallest absolute Gasteiger partial charge is 0.214 e. The Bertz CT molecular complexity index is 537. The fourth-order valence-corrected chi connectivity index (χ4v) is 4.51. The Morgan fingerprint density at radius 1 is 1.09 bits per heavy atom. The molecule has 5 heteroatoms. The Hall–Kier alpha value is -0.910. The van der Waals surface area contributed by atoms with Crippen LogP contribution in [0.3, 0.4) is 0 Å². The van der Waals surface area contributed by atoms with E-state index in [0.717, 1.165) is 25.9 Å². The Morgan fingerprint density at radius 2 is 1.73 bits per heavy atom. The van der Waals surface area contributed by atoms with Gasteiger partial charge in [-0.05, 0) is 31.7 Å². The molecule has 4 nitrogen and oxygen atoms in total. The normalized spacial score (nSPS) is 19.2. The minimum Gasteiger partial charge on any atom is -0.298 e. The lowest BCUT2D eigenvalue weighted by Gasteiger charge is -2.37. The maximum absolute atomic E-state index is 12.1. The number of piperazine rings is 1. The van der Waals surface area contributed by atoms with Crippen molar-refractivity contribution in [3.05, 3.63) is 35.9 Å². The van der Waals surface area contributed by atoms with Crippen LogP contribution in [-0.4, -0.2) is 55.6 Å². The van der Waals surface area contributed by atoms with E-state index in [9.17, 15) is 8.42 Å². The third-order valence-electron chi connectivity index (χ3n) is 4.45. The highest BCUT2D eigenvalue weighted by Gasteiger charge is 2.27. The lowest BCUT2D eigenvalue weighted by molar-refractivity contribution is 0.140. The molecule has 0 saturated carbocycles. The van der Waals surface area contributed by atoms with Crippen LogP contribution >= 0.6 is 0 Å². The monoisotopic (exact) mass is 324 g/mol. The van der Waals surface area contributed by atoms with Crippen molar-refractivity contribution in [2.45, 2.75) is 39.2 Å². The molecule has 0 aliphatic carbocycles. The second kappa shape index (κ2) is 8.09. The molecular formula is C17H28N2O2S. The summed E-state index contributed by atoms with van der Waals surface area (Å²) in [5.74, 6) is 0.274. The van der Waals surface area contributed by atoms with E-state index >= 15 is 0 Å². The highest BCUT2D eigenvalue weighted by Crippen LogP contribution is 2.15. The highest BCUT2D eigenvalue weighted by atomic mass is 32.2. The molecule has 1 aromatic carbocycles. The van der Waals surface area contributed by atoms with E-state index in [4.69, 9.17) is 0 Å². The van der Waals surface area contributed by atoms with Crippen molar-refractivity contribution in [2.75, 3.05) is 31.9 Å². The van der Waals surface area contributed by atoms with Crippen LogP contribution in [0.1, 0.15) is 32.3 Å². The standard InChI is InChI=1S/C17H28N2O2S/c1-3-15-22(20,21)19-13-11-18(12-14-19)16(2)9-10-17-7-5-4-6-8-17/h4-8,16H,3,9-15H2,1-2H3/t16-/m0/s1. The molecule has 124 valence electrons. The number of hydrogen-bond acceptors (Lipinski definition) is 3. The molecule has 0 unspecified atom stereocenters. The highest BCUT2D eigenvalue weighted by molar-refractivity contribution is 7.89. The van der Waals surface area contributed by atoms with Crippen LogP contribution in [0.4, 0.5) is 0 Å². The fraction of sp³-hybridized carbons (Fsp3) is 0.647. The van der Waals surface area contributed by atoms with E-state index in [2.05, 4.69) is 36.1 Å². The predicted molar refractivity (Wildman–Crippen MR) is 91.4 cm³/mol. The Morgan fingerprint density at radius 3 is 2.32 bits per heavy atom. The molecule has 1 aliphatic heterocycles. The van der Waals surface area contributed by atoms with E-state index in [1.807, 2.05) is 13.0 Å². The zero-order chi connectivity index (χ0) is 16.0. The number of hydrogen-bond donors (Lipinski definition) is 0. The van der Waals surface area contributed by atoms with Gasteiger partial charge in [0.15, 0.2) is 0 Å². The summed E-state index contributed by atoms with van der Waals surface area (Å²) < 4.78 is 25.8. The number of rotatable bonds is 7. The maximum atomic E-state index is 12.1. The van der Waals surface area contributed by atoms with Gasteiger partial charge in [-0.15, -0.1) is 0 Å². The molecule has 1 fully saturated rings. The molecule has 1 heterocycles. The molecular weight excluding hydrogens is 296 g/mol.